The van der Waals surface area contributed by atoms with Gasteiger partial charge in [-0.15, -0.1) is 11.8 Å². The van der Waals surface area contributed by atoms with Crippen molar-refractivity contribution in [1.29, 1.82) is 0 Å². The predicted octanol–water partition coefficient (Wildman–Crippen LogP) is 2.81. The van der Waals surface area contributed by atoms with Gasteiger partial charge in [0.25, 0.3) is 0 Å². The highest BCUT2D eigenvalue weighted by atomic mass is 32.2. The molecule has 1 atom stereocenters. The fourth-order valence-electron chi connectivity index (χ4n) is 2.97. The number of carbonyl (C=O) groups excluding carboxylic acids is 1. The van der Waals surface area contributed by atoms with Gasteiger partial charge in [0.1, 0.15) is 5.75 Å². The third-order valence-corrected chi connectivity index (χ3v) is 5.39. The lowest BCUT2D eigenvalue weighted by atomic mass is 9.75. The third kappa shape index (κ3) is 4.74. The molecule has 0 saturated heterocycles. The van der Waals surface area contributed by atoms with Crippen molar-refractivity contribution in [1.82, 2.24) is 10.3 Å². The van der Waals surface area contributed by atoms with Gasteiger partial charge >= 0.3 is 0 Å². The van der Waals surface area contributed by atoms with E-state index in [1.807, 2.05) is 36.4 Å². The van der Waals surface area contributed by atoms with Crippen LogP contribution in [0.25, 0.3) is 0 Å². The second-order valence-corrected chi connectivity index (χ2v) is 7.24. The van der Waals surface area contributed by atoms with Crippen LogP contribution < -0.4 is 10.1 Å². The molecule has 1 aromatic carbocycles. The van der Waals surface area contributed by atoms with Crippen molar-refractivity contribution in [3.05, 3.63) is 54.4 Å². The van der Waals surface area contributed by atoms with Gasteiger partial charge in [-0.1, -0.05) is 18.2 Å². The number of rotatable bonds is 7. The molecule has 1 unspecified atom stereocenters. The van der Waals surface area contributed by atoms with Crippen molar-refractivity contribution in [2.24, 2.45) is 5.92 Å². The number of amides is 1. The van der Waals surface area contributed by atoms with Crippen LogP contribution in [0.2, 0.25) is 0 Å². The Kier molecular flexibility index (Phi) is 5.94. The van der Waals surface area contributed by atoms with Crippen molar-refractivity contribution >= 4 is 17.7 Å². The molecule has 1 saturated carbocycles. The Morgan fingerprint density at radius 3 is 2.80 bits per heavy atom. The number of aromatic nitrogens is 1. The first-order chi connectivity index (χ1) is 12.2. The molecule has 25 heavy (non-hydrogen) atoms. The van der Waals surface area contributed by atoms with E-state index in [4.69, 9.17) is 4.74 Å². The fraction of sp³-hybridized carbons (Fsp3) is 0.368. The van der Waals surface area contributed by atoms with Crippen LogP contribution in [-0.4, -0.2) is 35.0 Å². The van der Waals surface area contributed by atoms with E-state index in [1.165, 1.54) is 11.8 Å². The van der Waals surface area contributed by atoms with E-state index in [1.54, 1.807) is 19.5 Å². The number of thioether (sulfide) groups is 1. The normalized spacial score (nSPS) is 20.4. The Bertz CT molecular complexity index is 705. The van der Waals surface area contributed by atoms with E-state index >= 15 is 0 Å². The zero-order valence-corrected chi connectivity index (χ0v) is 14.9. The average molecular weight is 358 g/mol. The summed E-state index contributed by atoms with van der Waals surface area (Å²) in [6.07, 6.45) is 4.50. The van der Waals surface area contributed by atoms with E-state index in [9.17, 15) is 9.90 Å². The summed E-state index contributed by atoms with van der Waals surface area (Å²) in [5.41, 5.74) is 0.911. The first-order valence-corrected chi connectivity index (χ1v) is 9.28. The van der Waals surface area contributed by atoms with E-state index in [2.05, 4.69) is 10.3 Å². The molecule has 1 fully saturated rings. The summed E-state index contributed by atoms with van der Waals surface area (Å²) in [5, 5.41) is 12.8. The van der Waals surface area contributed by atoms with Gasteiger partial charge in [0.05, 0.1) is 31.2 Å². The maximum absolute atomic E-state index is 12.4. The molecule has 1 aliphatic rings. The molecule has 0 radical (unpaired) electrons. The van der Waals surface area contributed by atoms with E-state index in [0.717, 1.165) is 10.5 Å². The number of hydrogen-bond donors (Lipinski definition) is 2. The Balaban J connectivity index is 1.66. The van der Waals surface area contributed by atoms with Gasteiger partial charge in [0, 0.05) is 11.1 Å². The highest BCUT2D eigenvalue weighted by Gasteiger charge is 2.36. The van der Waals surface area contributed by atoms with Crippen molar-refractivity contribution in [2.75, 3.05) is 12.9 Å². The van der Waals surface area contributed by atoms with Crippen LogP contribution in [0.4, 0.5) is 0 Å². The summed E-state index contributed by atoms with van der Waals surface area (Å²) in [4.78, 5) is 17.7. The quantitative estimate of drug-likeness (QED) is 0.745. The van der Waals surface area contributed by atoms with Crippen LogP contribution in [0, 0.1) is 5.92 Å². The Morgan fingerprint density at radius 2 is 2.12 bits per heavy atom. The first-order valence-electron chi connectivity index (χ1n) is 8.30. The second-order valence-electron chi connectivity index (χ2n) is 6.19. The van der Waals surface area contributed by atoms with Crippen LogP contribution in [0.3, 0.4) is 0 Å². The monoisotopic (exact) mass is 358 g/mol. The maximum Gasteiger partial charge on any atom is 0.230 e. The highest BCUT2D eigenvalue weighted by Crippen LogP contribution is 2.38. The molecule has 5 nitrogen and oxygen atoms in total. The molecule has 1 aliphatic carbocycles. The van der Waals surface area contributed by atoms with Crippen molar-refractivity contribution in [3.63, 3.8) is 0 Å². The number of ether oxygens (including phenoxy) is 1. The minimum Gasteiger partial charge on any atom is -0.495 e. The number of benzene rings is 1. The lowest BCUT2D eigenvalue weighted by Crippen LogP contribution is -2.42. The Hall–Kier alpha value is -2.05. The zero-order chi connectivity index (χ0) is 17.6. The lowest BCUT2D eigenvalue weighted by Gasteiger charge is -2.38. The third-order valence-electron chi connectivity index (χ3n) is 4.38. The van der Waals surface area contributed by atoms with Crippen LogP contribution in [0.15, 0.2) is 53.7 Å². The molecular formula is C19H22N2O3S. The zero-order valence-electron chi connectivity index (χ0n) is 14.1. The largest absolute Gasteiger partial charge is 0.495 e. The summed E-state index contributed by atoms with van der Waals surface area (Å²) in [5.74, 6) is 1.21. The number of nitrogens with zero attached hydrogens (tertiary/aromatic N) is 1. The number of hydrogen-bond acceptors (Lipinski definition) is 5. The van der Waals surface area contributed by atoms with E-state index in [-0.39, 0.29) is 24.0 Å². The number of aliphatic hydroxyl groups is 1. The van der Waals surface area contributed by atoms with Gasteiger partial charge in [-0.05, 0) is 42.5 Å². The van der Waals surface area contributed by atoms with Gasteiger partial charge in [0.15, 0.2) is 0 Å². The molecule has 2 aromatic rings. The SMILES string of the molecule is COc1cncc(C(NC(=O)CSc2ccccc2)C2CC(O)C2)c1. The number of methoxy groups -OCH3 is 1. The van der Waals surface area contributed by atoms with Crippen molar-refractivity contribution < 1.29 is 14.6 Å². The van der Waals surface area contributed by atoms with Crippen molar-refractivity contribution in [3.8, 4) is 5.75 Å². The van der Waals surface area contributed by atoms with E-state index in [0.29, 0.717) is 24.3 Å². The van der Waals surface area contributed by atoms with Crippen LogP contribution in [0.1, 0.15) is 24.4 Å². The molecule has 0 spiro atoms. The van der Waals surface area contributed by atoms with Crippen LogP contribution >= 0.6 is 11.8 Å². The molecule has 6 heteroatoms. The molecule has 3 rings (SSSR count). The fourth-order valence-corrected chi connectivity index (χ4v) is 3.70. The standard InChI is InChI=1S/C19H22N2O3S/c1-24-16-9-14(10-20-11-16)19(13-7-15(22)8-13)21-18(23)12-25-17-5-3-2-4-6-17/h2-6,9-11,13,15,19,22H,7-8,12H2,1H3,(H,21,23). The predicted molar refractivity (Wildman–Crippen MR) is 97.6 cm³/mol. The molecule has 1 aromatic heterocycles. The molecular weight excluding hydrogens is 336 g/mol. The minimum absolute atomic E-state index is 0.0249. The van der Waals surface area contributed by atoms with Gasteiger partial charge in [-0.3, -0.25) is 9.78 Å². The Morgan fingerprint density at radius 1 is 1.36 bits per heavy atom. The summed E-state index contributed by atoms with van der Waals surface area (Å²) in [7, 11) is 1.60. The maximum atomic E-state index is 12.4. The molecule has 0 aliphatic heterocycles. The van der Waals surface area contributed by atoms with Gasteiger partial charge in [0.2, 0.25) is 5.91 Å². The molecule has 132 valence electrons. The number of pyridine rings is 1. The summed E-state index contributed by atoms with van der Waals surface area (Å²) in [6.45, 7) is 0. The lowest BCUT2D eigenvalue weighted by molar-refractivity contribution is -0.120. The molecule has 1 heterocycles. The summed E-state index contributed by atoms with van der Waals surface area (Å²) >= 11 is 1.51. The van der Waals surface area contributed by atoms with E-state index < -0.39 is 0 Å². The summed E-state index contributed by atoms with van der Waals surface area (Å²) in [6, 6.07) is 11.6. The molecule has 1 amide bonds. The van der Waals surface area contributed by atoms with Gasteiger partial charge in [-0.25, -0.2) is 0 Å². The Labute approximate surface area is 151 Å². The summed E-state index contributed by atoms with van der Waals surface area (Å²) < 4.78 is 5.24. The highest BCUT2D eigenvalue weighted by molar-refractivity contribution is 8.00. The van der Waals surface area contributed by atoms with Gasteiger partial charge in [-0.2, -0.15) is 0 Å². The van der Waals surface area contributed by atoms with Gasteiger partial charge < -0.3 is 15.2 Å². The average Bonchev–Trinajstić information content (AvgIpc) is 2.63. The van der Waals surface area contributed by atoms with Crippen LogP contribution in [-0.2, 0) is 4.79 Å². The topological polar surface area (TPSA) is 71.5 Å². The number of nitrogens with one attached hydrogen (secondary N) is 1. The second kappa shape index (κ2) is 8.36. The van der Waals surface area contributed by atoms with Crippen molar-refractivity contribution in [2.45, 2.75) is 29.9 Å². The smallest absolute Gasteiger partial charge is 0.230 e. The number of carbonyl (C=O) groups is 1. The number of aliphatic hydroxyl groups excluding tert-OH is 1. The molecule has 0 bridgehead atoms. The minimum atomic E-state index is -0.276. The van der Waals surface area contributed by atoms with Crippen LogP contribution in [0.5, 0.6) is 5.75 Å². The first kappa shape index (κ1) is 17.8. The molecule has 2 N–H and O–H groups in total.